The fraction of sp³-hybridized carbons (Fsp3) is 0.188. The van der Waals surface area contributed by atoms with Crippen LogP contribution in [0.4, 0.5) is 0 Å². The Hall–Kier alpha value is -2.38. The lowest BCUT2D eigenvalue weighted by Crippen LogP contribution is -2.08. The van der Waals surface area contributed by atoms with Crippen LogP contribution in [0.2, 0.25) is 5.15 Å². The van der Waals surface area contributed by atoms with Gasteiger partial charge in [0.25, 0.3) is 0 Å². The number of imidazole rings is 1. The summed E-state index contributed by atoms with van der Waals surface area (Å²) in [5, 5.41) is 9.33. The number of aryl methyl sites for hydroxylation is 1. The summed E-state index contributed by atoms with van der Waals surface area (Å²) in [5.74, 6) is 0.908. The lowest BCUT2D eigenvalue weighted by Gasteiger charge is -2.17. The zero-order valence-corrected chi connectivity index (χ0v) is 12.5. The molecule has 0 fully saturated rings. The van der Waals surface area contributed by atoms with Crippen molar-refractivity contribution in [1.82, 2.24) is 14.5 Å². The molecule has 0 amide bonds. The molecule has 0 N–H and O–H groups in total. The Morgan fingerprint density at radius 1 is 1.29 bits per heavy atom. The van der Waals surface area contributed by atoms with Crippen LogP contribution in [-0.4, -0.2) is 14.5 Å². The van der Waals surface area contributed by atoms with Gasteiger partial charge in [-0.05, 0) is 31.5 Å². The number of nitrogens with zero attached hydrogens (tertiary/aromatic N) is 4. The first-order valence-electron chi connectivity index (χ1n) is 6.60. The molecule has 4 nitrogen and oxygen atoms in total. The molecule has 1 aromatic carbocycles. The van der Waals surface area contributed by atoms with Crippen molar-refractivity contribution in [3.63, 3.8) is 0 Å². The molecule has 1 unspecified atom stereocenters. The SMILES string of the molecule is Cc1nc2cnc(Cl)cc2n1C(C)c1ccc(C#N)cc1. The average Bonchev–Trinajstić information content (AvgIpc) is 2.82. The second-order valence-electron chi connectivity index (χ2n) is 4.93. The van der Waals surface area contributed by atoms with E-state index in [0.29, 0.717) is 10.7 Å². The third-order valence-electron chi connectivity index (χ3n) is 3.63. The second kappa shape index (κ2) is 5.19. The molecule has 1 atom stereocenters. The Balaban J connectivity index is 2.12. The maximum atomic E-state index is 8.88. The highest BCUT2D eigenvalue weighted by atomic mass is 35.5. The number of pyridine rings is 1. The highest BCUT2D eigenvalue weighted by molar-refractivity contribution is 6.29. The van der Waals surface area contributed by atoms with Gasteiger partial charge >= 0.3 is 0 Å². The van der Waals surface area contributed by atoms with E-state index in [0.717, 1.165) is 22.4 Å². The van der Waals surface area contributed by atoms with Crippen LogP contribution in [0.3, 0.4) is 0 Å². The Bertz CT molecular complexity index is 843. The topological polar surface area (TPSA) is 54.5 Å². The standard InChI is InChI=1S/C16H13ClN4/c1-10(13-5-3-12(8-18)4-6-13)21-11(2)20-14-9-19-16(17)7-15(14)21/h3-7,9-10H,1-2H3. The lowest BCUT2D eigenvalue weighted by atomic mass is 10.1. The van der Waals surface area contributed by atoms with E-state index in [2.05, 4.69) is 27.5 Å². The molecule has 0 aliphatic heterocycles. The number of fused-ring (bicyclic) bond motifs is 1. The minimum absolute atomic E-state index is 0.0983. The van der Waals surface area contributed by atoms with E-state index < -0.39 is 0 Å². The van der Waals surface area contributed by atoms with Crippen LogP contribution in [0.1, 0.15) is 29.9 Å². The van der Waals surface area contributed by atoms with Crippen molar-refractivity contribution >= 4 is 22.6 Å². The molecule has 2 heterocycles. The number of hydrogen-bond donors (Lipinski definition) is 0. The van der Waals surface area contributed by atoms with Crippen LogP contribution in [0.5, 0.6) is 0 Å². The van der Waals surface area contributed by atoms with Crippen LogP contribution in [-0.2, 0) is 0 Å². The van der Waals surface area contributed by atoms with Gasteiger partial charge in [0, 0.05) is 6.07 Å². The van der Waals surface area contributed by atoms with E-state index >= 15 is 0 Å². The van der Waals surface area contributed by atoms with Gasteiger partial charge in [0.2, 0.25) is 0 Å². The summed E-state index contributed by atoms with van der Waals surface area (Å²) in [6.07, 6.45) is 1.69. The van der Waals surface area contributed by atoms with Gasteiger partial charge in [0.05, 0.1) is 29.4 Å². The van der Waals surface area contributed by atoms with Gasteiger partial charge in [-0.25, -0.2) is 9.97 Å². The third kappa shape index (κ3) is 2.37. The molecule has 5 heteroatoms. The van der Waals surface area contributed by atoms with Gasteiger partial charge in [-0.15, -0.1) is 0 Å². The molecule has 0 radical (unpaired) electrons. The minimum Gasteiger partial charge on any atom is -0.321 e. The van der Waals surface area contributed by atoms with Crippen LogP contribution < -0.4 is 0 Å². The predicted molar refractivity (Wildman–Crippen MR) is 82.2 cm³/mol. The predicted octanol–water partition coefficient (Wildman–Crippen LogP) is 3.87. The van der Waals surface area contributed by atoms with E-state index in [9.17, 15) is 0 Å². The van der Waals surface area contributed by atoms with Crippen molar-refractivity contribution in [2.75, 3.05) is 0 Å². The van der Waals surface area contributed by atoms with Crippen LogP contribution in [0.15, 0.2) is 36.5 Å². The van der Waals surface area contributed by atoms with Crippen molar-refractivity contribution in [2.24, 2.45) is 0 Å². The third-order valence-corrected chi connectivity index (χ3v) is 3.84. The molecule has 0 spiro atoms. The summed E-state index contributed by atoms with van der Waals surface area (Å²) in [4.78, 5) is 8.59. The highest BCUT2D eigenvalue weighted by Gasteiger charge is 2.15. The smallest absolute Gasteiger partial charge is 0.131 e. The summed E-state index contributed by atoms with van der Waals surface area (Å²) in [6.45, 7) is 4.07. The Labute approximate surface area is 127 Å². The zero-order chi connectivity index (χ0) is 15.0. The zero-order valence-electron chi connectivity index (χ0n) is 11.7. The largest absolute Gasteiger partial charge is 0.321 e. The Kier molecular flexibility index (Phi) is 3.36. The van der Waals surface area contributed by atoms with E-state index in [1.807, 2.05) is 37.3 Å². The molecular weight excluding hydrogens is 284 g/mol. The van der Waals surface area contributed by atoms with Gasteiger partial charge in [-0.3, -0.25) is 0 Å². The lowest BCUT2D eigenvalue weighted by molar-refractivity contribution is 0.637. The normalized spacial score (nSPS) is 12.3. The first-order valence-corrected chi connectivity index (χ1v) is 6.98. The minimum atomic E-state index is 0.0983. The number of hydrogen-bond acceptors (Lipinski definition) is 3. The van der Waals surface area contributed by atoms with Crippen LogP contribution in [0, 0.1) is 18.3 Å². The van der Waals surface area contributed by atoms with Gasteiger partial charge in [-0.1, -0.05) is 23.7 Å². The monoisotopic (exact) mass is 296 g/mol. The fourth-order valence-electron chi connectivity index (χ4n) is 2.57. The molecule has 0 saturated carbocycles. The maximum absolute atomic E-state index is 8.88. The summed E-state index contributed by atoms with van der Waals surface area (Å²) in [7, 11) is 0. The molecule has 3 rings (SSSR count). The van der Waals surface area contributed by atoms with E-state index in [4.69, 9.17) is 16.9 Å². The van der Waals surface area contributed by atoms with Crippen molar-refractivity contribution in [2.45, 2.75) is 19.9 Å². The molecule has 0 aliphatic carbocycles. The first-order chi connectivity index (χ1) is 10.1. The molecule has 0 bridgehead atoms. The molecule has 0 aliphatic rings. The molecule has 21 heavy (non-hydrogen) atoms. The quantitative estimate of drug-likeness (QED) is 0.674. The van der Waals surface area contributed by atoms with Crippen molar-refractivity contribution in [1.29, 1.82) is 5.26 Å². The number of halogens is 1. The molecular formula is C16H13ClN4. The highest BCUT2D eigenvalue weighted by Crippen LogP contribution is 2.26. The van der Waals surface area contributed by atoms with Gasteiger partial charge in [-0.2, -0.15) is 5.26 Å². The summed E-state index contributed by atoms with van der Waals surface area (Å²) in [6, 6.07) is 11.7. The van der Waals surface area contributed by atoms with E-state index in [1.54, 1.807) is 6.20 Å². The van der Waals surface area contributed by atoms with Gasteiger partial charge in [0.1, 0.15) is 16.5 Å². The number of benzene rings is 1. The fourth-order valence-corrected chi connectivity index (χ4v) is 2.72. The van der Waals surface area contributed by atoms with Crippen molar-refractivity contribution in [3.05, 3.63) is 58.6 Å². The maximum Gasteiger partial charge on any atom is 0.131 e. The number of nitriles is 1. The average molecular weight is 297 g/mol. The molecule has 2 aromatic heterocycles. The molecule has 0 saturated heterocycles. The van der Waals surface area contributed by atoms with Crippen LogP contribution in [0.25, 0.3) is 11.0 Å². The van der Waals surface area contributed by atoms with Gasteiger partial charge in [0.15, 0.2) is 0 Å². The Morgan fingerprint density at radius 2 is 2.00 bits per heavy atom. The number of rotatable bonds is 2. The van der Waals surface area contributed by atoms with E-state index in [-0.39, 0.29) is 6.04 Å². The Morgan fingerprint density at radius 3 is 2.67 bits per heavy atom. The van der Waals surface area contributed by atoms with Gasteiger partial charge < -0.3 is 4.57 Å². The summed E-state index contributed by atoms with van der Waals surface area (Å²) >= 11 is 6.00. The first kappa shape index (κ1) is 13.6. The van der Waals surface area contributed by atoms with Crippen molar-refractivity contribution < 1.29 is 0 Å². The summed E-state index contributed by atoms with van der Waals surface area (Å²) < 4.78 is 2.13. The second-order valence-corrected chi connectivity index (χ2v) is 5.32. The van der Waals surface area contributed by atoms with Crippen molar-refractivity contribution in [3.8, 4) is 6.07 Å². The molecule has 3 aromatic rings. The molecule has 104 valence electrons. The summed E-state index contributed by atoms with van der Waals surface area (Å²) in [5.41, 5.74) is 3.57. The van der Waals surface area contributed by atoms with E-state index in [1.165, 1.54) is 0 Å². The number of aromatic nitrogens is 3. The van der Waals surface area contributed by atoms with Crippen LogP contribution >= 0.6 is 11.6 Å².